The Labute approximate surface area is 237 Å². The summed E-state index contributed by atoms with van der Waals surface area (Å²) in [6.07, 6.45) is -1.54. The number of rotatable bonds is 7. The first-order valence-corrected chi connectivity index (χ1v) is 14.8. The van der Waals surface area contributed by atoms with Crippen molar-refractivity contribution in [1.82, 2.24) is 19.8 Å². The van der Waals surface area contributed by atoms with E-state index in [1.807, 2.05) is 14.0 Å². The monoisotopic (exact) mass is 591 g/mol. The van der Waals surface area contributed by atoms with Gasteiger partial charge in [-0.3, -0.25) is 4.79 Å². The molecule has 0 unspecified atom stereocenters. The molecule has 1 aliphatic heterocycles. The van der Waals surface area contributed by atoms with Gasteiger partial charge in [-0.05, 0) is 50.2 Å². The van der Waals surface area contributed by atoms with E-state index in [9.17, 15) is 26.4 Å². The molecule has 3 aromatic rings. The highest BCUT2D eigenvalue weighted by atomic mass is 32.2. The number of nitrogens with one attached hydrogen (secondary N) is 2. The van der Waals surface area contributed by atoms with Crippen molar-refractivity contribution in [2.75, 3.05) is 45.4 Å². The predicted octanol–water partition coefficient (Wildman–Crippen LogP) is 3.54. The van der Waals surface area contributed by atoms with E-state index in [-0.39, 0.29) is 40.0 Å². The number of imidazole rings is 1. The molecule has 1 amide bonds. The Morgan fingerprint density at radius 3 is 2.66 bits per heavy atom. The zero-order valence-corrected chi connectivity index (χ0v) is 24.0. The van der Waals surface area contributed by atoms with Gasteiger partial charge in [0.15, 0.2) is 9.84 Å². The van der Waals surface area contributed by atoms with E-state index >= 15 is 0 Å². The molecule has 2 aromatic carbocycles. The third-order valence-electron chi connectivity index (χ3n) is 6.95. The number of sulfone groups is 1. The molecule has 220 valence electrons. The Bertz CT molecular complexity index is 1610. The molecule has 2 N–H and O–H groups in total. The van der Waals surface area contributed by atoms with Gasteiger partial charge < -0.3 is 24.8 Å². The number of alkyl halides is 3. The molecule has 0 aliphatic carbocycles. The van der Waals surface area contributed by atoms with E-state index in [4.69, 9.17) is 4.74 Å². The Morgan fingerprint density at radius 1 is 1.24 bits per heavy atom. The predicted molar refractivity (Wildman–Crippen MR) is 150 cm³/mol. The molecule has 41 heavy (non-hydrogen) atoms. The number of piperidine rings is 1. The van der Waals surface area contributed by atoms with Crippen LogP contribution in [0.3, 0.4) is 0 Å². The van der Waals surface area contributed by atoms with Gasteiger partial charge >= 0.3 is 6.18 Å². The van der Waals surface area contributed by atoms with E-state index in [0.29, 0.717) is 17.0 Å². The number of amides is 1. The fourth-order valence-electron chi connectivity index (χ4n) is 4.88. The van der Waals surface area contributed by atoms with Crippen LogP contribution in [-0.4, -0.2) is 81.0 Å². The lowest BCUT2D eigenvalue weighted by Crippen LogP contribution is -2.48. The number of benzene rings is 2. The lowest BCUT2D eigenvalue weighted by molar-refractivity contribution is -0.139. The molecular weight excluding hydrogens is 559 g/mol. The summed E-state index contributed by atoms with van der Waals surface area (Å²) in [6.45, 7) is 2.56. The summed E-state index contributed by atoms with van der Waals surface area (Å²) in [5, 5.41) is 6.09. The Hall–Kier alpha value is -3.76. The smallest absolute Gasteiger partial charge is 0.406 e. The number of nitrogens with zero attached hydrogens (tertiary/aromatic N) is 3. The quantitative estimate of drug-likeness (QED) is 0.405. The fraction of sp³-hybridized carbons (Fsp3) is 0.429. The summed E-state index contributed by atoms with van der Waals surface area (Å²) >= 11 is 0. The third kappa shape index (κ3) is 7.51. The number of halogens is 3. The minimum Gasteiger partial charge on any atom is -0.495 e. The molecule has 2 atom stereocenters. The van der Waals surface area contributed by atoms with Crippen molar-refractivity contribution in [3.05, 3.63) is 47.8 Å². The van der Waals surface area contributed by atoms with Crippen molar-refractivity contribution in [2.45, 2.75) is 37.0 Å². The lowest BCUT2D eigenvalue weighted by Gasteiger charge is -2.35. The molecule has 9 nitrogen and oxygen atoms in total. The van der Waals surface area contributed by atoms with Crippen LogP contribution in [0, 0.1) is 17.8 Å². The molecule has 1 aromatic heterocycles. The summed E-state index contributed by atoms with van der Waals surface area (Å²) in [5.41, 5.74) is 1.35. The molecule has 13 heteroatoms. The highest BCUT2D eigenvalue weighted by Gasteiger charge is 2.30. The maximum atomic E-state index is 13.4. The zero-order valence-electron chi connectivity index (χ0n) is 23.2. The second-order valence-electron chi connectivity index (χ2n) is 10.3. The van der Waals surface area contributed by atoms with Crippen molar-refractivity contribution in [3.8, 4) is 17.6 Å². The van der Waals surface area contributed by atoms with Gasteiger partial charge in [0.25, 0.3) is 5.91 Å². The van der Waals surface area contributed by atoms with E-state index in [1.54, 1.807) is 6.07 Å². The SMILES string of the molecule is COc1cc(S(C)(=O)=O)ccc1NCC#Cc1cc(C(=O)N[C@H]2CCN(C)C[C@H]2C)c2ncn(CC(F)(F)F)c2c1. The molecule has 1 aliphatic rings. The molecule has 0 bridgehead atoms. The number of carbonyl (C=O) groups is 1. The minimum atomic E-state index is -4.48. The van der Waals surface area contributed by atoms with Crippen LogP contribution in [0.1, 0.15) is 29.3 Å². The first-order valence-electron chi connectivity index (χ1n) is 12.9. The van der Waals surface area contributed by atoms with Crippen LogP contribution in [0.25, 0.3) is 11.0 Å². The van der Waals surface area contributed by atoms with Gasteiger partial charge in [0.05, 0.1) is 41.6 Å². The lowest BCUT2D eigenvalue weighted by atomic mass is 9.93. The van der Waals surface area contributed by atoms with Crippen LogP contribution < -0.4 is 15.4 Å². The highest BCUT2D eigenvalue weighted by molar-refractivity contribution is 7.90. The maximum absolute atomic E-state index is 13.4. The number of aromatic nitrogens is 2. The normalized spacial score (nSPS) is 18.0. The van der Waals surface area contributed by atoms with Crippen LogP contribution in [0.2, 0.25) is 0 Å². The summed E-state index contributed by atoms with van der Waals surface area (Å²) in [7, 11) is 0.0141. The van der Waals surface area contributed by atoms with Crippen molar-refractivity contribution in [1.29, 1.82) is 0 Å². The van der Waals surface area contributed by atoms with Crippen molar-refractivity contribution in [2.24, 2.45) is 5.92 Å². The van der Waals surface area contributed by atoms with Crippen LogP contribution >= 0.6 is 0 Å². The Balaban J connectivity index is 1.61. The Morgan fingerprint density at radius 2 is 2.00 bits per heavy atom. The van der Waals surface area contributed by atoms with Crippen LogP contribution in [0.5, 0.6) is 5.75 Å². The standard InChI is InChI=1S/C28H32F3N5O4S/c1-18-15-35(2)11-9-22(18)34-27(37)21-12-19(13-24-26(21)33-17-36(24)16-28(29,30)31)6-5-10-32-23-8-7-20(41(4,38)39)14-25(23)40-3/h7-8,12-14,17-18,22,32H,9-11,15-16H2,1-4H3,(H,34,37)/t18-,22+/m1/s1. The van der Waals surface area contributed by atoms with Gasteiger partial charge in [0, 0.05) is 30.5 Å². The second-order valence-corrected chi connectivity index (χ2v) is 12.3. The van der Waals surface area contributed by atoms with Gasteiger partial charge in [-0.2, -0.15) is 13.2 Å². The molecule has 0 spiro atoms. The first kappa shape index (κ1) is 30.2. The average Bonchev–Trinajstić information content (AvgIpc) is 3.28. The van der Waals surface area contributed by atoms with Crippen molar-refractivity contribution in [3.63, 3.8) is 0 Å². The zero-order chi connectivity index (χ0) is 29.9. The van der Waals surface area contributed by atoms with E-state index in [0.717, 1.165) is 36.7 Å². The largest absolute Gasteiger partial charge is 0.495 e. The molecule has 1 saturated heterocycles. The molecule has 2 heterocycles. The van der Waals surface area contributed by atoms with Crippen LogP contribution in [-0.2, 0) is 16.4 Å². The van der Waals surface area contributed by atoms with Crippen molar-refractivity contribution >= 4 is 32.5 Å². The van der Waals surface area contributed by atoms with Gasteiger partial charge in [0.2, 0.25) is 0 Å². The van der Waals surface area contributed by atoms with Gasteiger partial charge in [-0.15, -0.1) is 0 Å². The topological polar surface area (TPSA) is 106 Å². The number of carbonyl (C=O) groups excluding carboxylic acids is 1. The minimum absolute atomic E-state index is 0.0750. The molecular formula is C28H32F3N5O4S. The second kappa shape index (κ2) is 12.0. The highest BCUT2D eigenvalue weighted by Crippen LogP contribution is 2.28. The van der Waals surface area contributed by atoms with E-state index in [1.165, 1.54) is 31.4 Å². The third-order valence-corrected chi connectivity index (χ3v) is 8.06. The van der Waals surface area contributed by atoms with E-state index < -0.39 is 28.5 Å². The van der Waals surface area contributed by atoms with Crippen molar-refractivity contribution < 1.29 is 31.1 Å². The number of methoxy groups -OCH3 is 1. The van der Waals surface area contributed by atoms with Gasteiger partial charge in [-0.1, -0.05) is 18.8 Å². The molecule has 0 saturated carbocycles. The summed E-state index contributed by atoms with van der Waals surface area (Å²) in [5.74, 6) is 5.93. The number of likely N-dealkylation sites (tertiary alicyclic amines) is 1. The number of fused-ring (bicyclic) bond motifs is 1. The summed E-state index contributed by atoms with van der Waals surface area (Å²) < 4.78 is 69.6. The van der Waals surface area contributed by atoms with Crippen LogP contribution in [0.4, 0.5) is 18.9 Å². The maximum Gasteiger partial charge on any atom is 0.406 e. The number of hydrogen-bond acceptors (Lipinski definition) is 7. The van der Waals surface area contributed by atoms with Gasteiger partial charge in [0.1, 0.15) is 17.8 Å². The molecule has 4 rings (SSSR count). The number of ether oxygens (including phenoxy) is 1. The molecule has 1 fully saturated rings. The number of hydrogen-bond donors (Lipinski definition) is 2. The summed E-state index contributed by atoms with van der Waals surface area (Å²) in [4.78, 5) is 19.8. The average molecular weight is 592 g/mol. The molecule has 0 radical (unpaired) electrons. The fourth-order valence-corrected chi connectivity index (χ4v) is 5.51. The first-order chi connectivity index (χ1) is 19.2. The summed E-state index contributed by atoms with van der Waals surface area (Å²) in [6, 6.07) is 7.35. The number of anilines is 1. The Kier molecular flexibility index (Phi) is 8.84. The van der Waals surface area contributed by atoms with Crippen LogP contribution in [0.15, 0.2) is 41.6 Å². The van der Waals surface area contributed by atoms with E-state index in [2.05, 4.69) is 32.4 Å². The van der Waals surface area contributed by atoms with Gasteiger partial charge in [-0.25, -0.2) is 13.4 Å².